The van der Waals surface area contributed by atoms with E-state index in [2.05, 4.69) is 26.7 Å². The van der Waals surface area contributed by atoms with Gasteiger partial charge in [0.25, 0.3) is 0 Å². The predicted molar refractivity (Wildman–Crippen MR) is 39.0 cm³/mol. The largest absolute Gasteiger partial charge is 0.383 e. The third-order valence-electron chi connectivity index (χ3n) is 0.999. The van der Waals surface area contributed by atoms with Crippen molar-refractivity contribution in [2.24, 2.45) is 5.92 Å². The zero-order chi connectivity index (χ0) is 7.28. The first-order valence-electron chi connectivity index (χ1n) is 2.65. The van der Waals surface area contributed by atoms with E-state index in [1.807, 2.05) is 0 Å². The Morgan fingerprint density at radius 1 is 2.00 bits per heavy atom. The van der Waals surface area contributed by atoms with Gasteiger partial charge in [0.1, 0.15) is 0 Å². The standard InChI is InChI=1S/C6H9BrO2/c1-3-4-5(2)6(8)9-7/h3,5H,1,4H2,2H3. The maximum atomic E-state index is 10.6. The van der Waals surface area contributed by atoms with Crippen LogP contribution >= 0.6 is 16.3 Å². The number of carbonyl (C=O) groups excluding carboxylic acids is 1. The van der Waals surface area contributed by atoms with Crippen molar-refractivity contribution in [2.45, 2.75) is 13.3 Å². The van der Waals surface area contributed by atoms with Gasteiger partial charge in [-0.05, 0) is 6.42 Å². The van der Waals surface area contributed by atoms with E-state index in [0.717, 1.165) is 0 Å². The molecule has 0 aromatic carbocycles. The van der Waals surface area contributed by atoms with E-state index in [0.29, 0.717) is 6.42 Å². The van der Waals surface area contributed by atoms with E-state index in [4.69, 9.17) is 0 Å². The SMILES string of the molecule is C=CCC(C)C(=O)OBr. The molecule has 0 saturated carbocycles. The predicted octanol–water partition coefficient (Wildman–Crippen LogP) is 2.05. The monoisotopic (exact) mass is 192 g/mol. The van der Waals surface area contributed by atoms with Gasteiger partial charge in [-0.3, -0.25) is 4.79 Å². The van der Waals surface area contributed by atoms with Crippen LogP contribution in [0.15, 0.2) is 12.7 Å². The molecule has 0 aliphatic carbocycles. The Morgan fingerprint density at radius 2 is 2.56 bits per heavy atom. The molecule has 0 N–H and O–H groups in total. The second-order valence-corrected chi connectivity index (χ2v) is 2.15. The Labute approximate surface area is 63.3 Å². The molecule has 0 amide bonds. The van der Waals surface area contributed by atoms with E-state index in [9.17, 15) is 4.79 Å². The van der Waals surface area contributed by atoms with Crippen molar-refractivity contribution in [3.8, 4) is 0 Å². The van der Waals surface area contributed by atoms with Gasteiger partial charge < -0.3 is 3.83 Å². The lowest BCUT2D eigenvalue weighted by molar-refractivity contribution is -0.136. The van der Waals surface area contributed by atoms with Crippen LogP contribution in [0.1, 0.15) is 13.3 Å². The van der Waals surface area contributed by atoms with Crippen molar-refractivity contribution >= 4 is 22.2 Å². The lowest BCUT2D eigenvalue weighted by Gasteiger charge is -2.01. The lowest BCUT2D eigenvalue weighted by Crippen LogP contribution is -2.08. The molecule has 1 atom stereocenters. The normalized spacial score (nSPS) is 12.2. The van der Waals surface area contributed by atoms with Crippen molar-refractivity contribution in [1.29, 1.82) is 0 Å². The second kappa shape index (κ2) is 4.56. The molecule has 0 saturated heterocycles. The molecule has 0 heterocycles. The molecule has 0 aromatic rings. The maximum absolute atomic E-state index is 10.6. The zero-order valence-electron chi connectivity index (χ0n) is 5.26. The van der Waals surface area contributed by atoms with Crippen LogP contribution in [0.5, 0.6) is 0 Å². The molecule has 0 aromatic heterocycles. The fourth-order valence-electron chi connectivity index (χ4n) is 0.422. The highest BCUT2D eigenvalue weighted by atomic mass is 79.9. The Hall–Kier alpha value is -0.310. The van der Waals surface area contributed by atoms with E-state index < -0.39 is 0 Å². The topological polar surface area (TPSA) is 26.3 Å². The summed E-state index contributed by atoms with van der Waals surface area (Å²) < 4.78 is 4.29. The Kier molecular flexibility index (Phi) is 4.40. The summed E-state index contributed by atoms with van der Waals surface area (Å²) in [7, 11) is 0. The average molecular weight is 193 g/mol. The van der Waals surface area contributed by atoms with Crippen molar-refractivity contribution < 1.29 is 8.62 Å². The van der Waals surface area contributed by atoms with Gasteiger partial charge in [-0.1, -0.05) is 13.0 Å². The number of hydrogen-bond acceptors (Lipinski definition) is 2. The number of halogens is 1. The van der Waals surface area contributed by atoms with Gasteiger partial charge in [-0.25, -0.2) is 0 Å². The minimum atomic E-state index is -0.255. The summed E-state index contributed by atoms with van der Waals surface area (Å²) in [6.07, 6.45) is 2.35. The molecule has 3 heteroatoms. The van der Waals surface area contributed by atoms with Crippen LogP contribution in [0.2, 0.25) is 0 Å². The van der Waals surface area contributed by atoms with Gasteiger partial charge in [-0.2, -0.15) is 0 Å². The fraction of sp³-hybridized carbons (Fsp3) is 0.500. The molecule has 0 aliphatic heterocycles. The maximum Gasteiger partial charge on any atom is 0.320 e. The van der Waals surface area contributed by atoms with Crippen LogP contribution in [0.3, 0.4) is 0 Å². The summed E-state index contributed by atoms with van der Waals surface area (Å²) in [5, 5.41) is 0. The molecule has 1 unspecified atom stereocenters. The van der Waals surface area contributed by atoms with Crippen LogP contribution in [-0.4, -0.2) is 5.97 Å². The van der Waals surface area contributed by atoms with Crippen LogP contribution < -0.4 is 0 Å². The van der Waals surface area contributed by atoms with Crippen molar-refractivity contribution in [2.75, 3.05) is 0 Å². The molecule has 0 spiro atoms. The van der Waals surface area contributed by atoms with Crippen molar-refractivity contribution in [1.82, 2.24) is 0 Å². The number of carbonyl (C=O) groups is 1. The third-order valence-corrected chi connectivity index (χ3v) is 1.32. The van der Waals surface area contributed by atoms with E-state index in [1.54, 1.807) is 13.0 Å². The molecule has 0 fully saturated rings. The quantitative estimate of drug-likeness (QED) is 0.641. The molecule has 0 bridgehead atoms. The van der Waals surface area contributed by atoms with E-state index >= 15 is 0 Å². The Balaban J connectivity index is 3.58. The summed E-state index contributed by atoms with van der Waals surface area (Å²) in [5.74, 6) is -0.350. The van der Waals surface area contributed by atoms with Crippen LogP contribution in [0.25, 0.3) is 0 Å². The van der Waals surface area contributed by atoms with Crippen molar-refractivity contribution in [3.05, 3.63) is 12.7 Å². The second-order valence-electron chi connectivity index (χ2n) is 1.82. The van der Waals surface area contributed by atoms with Crippen LogP contribution in [0, 0.1) is 5.92 Å². The van der Waals surface area contributed by atoms with Gasteiger partial charge in [-0.15, -0.1) is 6.58 Å². The lowest BCUT2D eigenvalue weighted by atomic mass is 10.1. The molecule has 2 nitrogen and oxygen atoms in total. The van der Waals surface area contributed by atoms with Gasteiger partial charge in [0.15, 0.2) is 16.3 Å². The highest BCUT2D eigenvalue weighted by molar-refractivity contribution is 9.06. The molecule has 0 radical (unpaired) electrons. The Bertz CT molecular complexity index is 112. The first kappa shape index (κ1) is 8.69. The number of rotatable bonds is 3. The van der Waals surface area contributed by atoms with Crippen LogP contribution in [-0.2, 0) is 8.62 Å². The van der Waals surface area contributed by atoms with Crippen molar-refractivity contribution in [3.63, 3.8) is 0 Å². The molecular formula is C6H9BrO2. The van der Waals surface area contributed by atoms with Gasteiger partial charge >= 0.3 is 5.97 Å². The zero-order valence-corrected chi connectivity index (χ0v) is 6.85. The summed E-state index contributed by atoms with van der Waals surface area (Å²) in [6.45, 7) is 5.28. The molecule has 52 valence electrons. The smallest absolute Gasteiger partial charge is 0.320 e. The summed E-state index contributed by atoms with van der Waals surface area (Å²) in [6, 6.07) is 0. The van der Waals surface area contributed by atoms with E-state index in [1.165, 1.54) is 0 Å². The molecule has 0 aliphatic rings. The highest BCUT2D eigenvalue weighted by Gasteiger charge is 2.10. The first-order chi connectivity index (χ1) is 4.22. The number of hydrogen-bond donors (Lipinski definition) is 0. The van der Waals surface area contributed by atoms with Crippen LogP contribution in [0.4, 0.5) is 0 Å². The fourth-order valence-corrected chi connectivity index (χ4v) is 0.741. The van der Waals surface area contributed by atoms with Gasteiger partial charge in [0, 0.05) is 0 Å². The summed E-state index contributed by atoms with van der Waals surface area (Å²) in [5.41, 5.74) is 0. The average Bonchev–Trinajstić information content (AvgIpc) is 1.87. The van der Waals surface area contributed by atoms with Gasteiger partial charge in [0.2, 0.25) is 0 Å². The first-order valence-corrected chi connectivity index (χ1v) is 3.30. The molecule has 9 heavy (non-hydrogen) atoms. The molecule has 0 rings (SSSR count). The minimum Gasteiger partial charge on any atom is -0.383 e. The number of allylic oxidation sites excluding steroid dienone is 1. The molecular weight excluding hydrogens is 184 g/mol. The minimum absolute atomic E-state index is 0.0955. The summed E-state index contributed by atoms with van der Waals surface area (Å²) in [4.78, 5) is 10.6. The van der Waals surface area contributed by atoms with Gasteiger partial charge in [0.05, 0.1) is 5.92 Å². The summed E-state index contributed by atoms with van der Waals surface area (Å²) >= 11 is 2.60. The third kappa shape index (κ3) is 3.30. The Morgan fingerprint density at radius 3 is 2.89 bits per heavy atom. The highest BCUT2D eigenvalue weighted by Crippen LogP contribution is 2.06. The van der Waals surface area contributed by atoms with E-state index in [-0.39, 0.29) is 11.9 Å².